The van der Waals surface area contributed by atoms with Gasteiger partial charge in [0.1, 0.15) is 24.7 Å². The molecular weight excluding hydrogens is 453 g/mol. The van der Waals surface area contributed by atoms with E-state index in [1.54, 1.807) is 13.0 Å². The summed E-state index contributed by atoms with van der Waals surface area (Å²) in [5, 5.41) is 4.93. The zero-order chi connectivity index (χ0) is 24.0. The number of ether oxygens (including phenoxy) is 2. The van der Waals surface area contributed by atoms with Crippen LogP contribution in [0.4, 0.5) is 14.9 Å². The van der Waals surface area contributed by atoms with E-state index < -0.39 is 30.2 Å². The molecule has 0 unspecified atom stereocenters. The number of nitrogens with one attached hydrogen (secondary N) is 2. The summed E-state index contributed by atoms with van der Waals surface area (Å²) in [6, 6.07) is 7.83. The second-order valence-electron chi connectivity index (χ2n) is 6.66. The minimum atomic E-state index is -0.792. The van der Waals surface area contributed by atoms with Crippen LogP contribution in [0.3, 0.4) is 0 Å². The van der Waals surface area contributed by atoms with E-state index in [1.807, 2.05) is 0 Å². The van der Waals surface area contributed by atoms with Crippen LogP contribution in [-0.2, 0) is 9.59 Å². The zero-order valence-corrected chi connectivity index (χ0v) is 18.2. The summed E-state index contributed by atoms with van der Waals surface area (Å²) < 4.78 is 24.7. The smallest absolute Gasteiger partial charge is 0.329 e. The molecule has 0 atom stereocenters. The Bertz CT molecular complexity index is 1180. The second-order valence-corrected chi connectivity index (χ2v) is 7.07. The lowest BCUT2D eigenvalue weighted by Crippen LogP contribution is -2.38. The molecule has 2 aromatic rings. The lowest BCUT2D eigenvalue weighted by atomic mass is 10.1. The van der Waals surface area contributed by atoms with Crippen molar-refractivity contribution >= 4 is 41.2 Å². The van der Waals surface area contributed by atoms with Crippen LogP contribution in [0.15, 0.2) is 42.1 Å². The number of halogens is 2. The molecule has 1 aliphatic heterocycles. The number of para-hydroxylation sites is 1. The van der Waals surface area contributed by atoms with Crippen molar-refractivity contribution < 1.29 is 28.2 Å². The number of carbonyl (C=O) groups is 3. The Morgan fingerprint density at radius 3 is 2.76 bits per heavy atom. The Morgan fingerprint density at radius 2 is 2.06 bits per heavy atom. The molecule has 0 aliphatic carbocycles. The molecule has 1 heterocycles. The van der Waals surface area contributed by atoms with Crippen molar-refractivity contribution in [2.24, 2.45) is 0 Å². The van der Waals surface area contributed by atoms with Crippen LogP contribution in [0.1, 0.15) is 12.5 Å². The predicted molar refractivity (Wildman–Crippen MR) is 120 cm³/mol. The zero-order valence-electron chi connectivity index (χ0n) is 17.5. The van der Waals surface area contributed by atoms with Gasteiger partial charge in [-0.15, -0.1) is 6.42 Å². The van der Waals surface area contributed by atoms with Crippen LogP contribution in [0, 0.1) is 18.2 Å². The number of rotatable bonds is 8. The van der Waals surface area contributed by atoms with Crippen molar-refractivity contribution in [3.05, 3.63) is 58.5 Å². The predicted octanol–water partition coefficient (Wildman–Crippen LogP) is 3.42. The molecule has 0 radical (unpaired) electrons. The van der Waals surface area contributed by atoms with Gasteiger partial charge in [0.25, 0.3) is 5.91 Å². The number of urea groups is 1. The fourth-order valence-electron chi connectivity index (χ4n) is 2.97. The number of nitrogens with zero attached hydrogens (tertiary/aromatic N) is 1. The van der Waals surface area contributed by atoms with E-state index in [2.05, 4.69) is 16.6 Å². The topological polar surface area (TPSA) is 97.0 Å². The second kappa shape index (κ2) is 10.5. The molecule has 3 rings (SSSR count). The number of carbonyl (C=O) groups excluding carboxylic acids is 3. The first-order chi connectivity index (χ1) is 15.8. The SMILES string of the molecule is C#CCOc1c(Cl)cc(/C=C2/NC(=O)N(CC(=O)Nc3ccccc3F)C2=O)cc1OCC. The summed E-state index contributed by atoms with van der Waals surface area (Å²) >= 11 is 6.27. The number of hydrogen-bond donors (Lipinski definition) is 2. The van der Waals surface area contributed by atoms with Gasteiger partial charge in [-0.1, -0.05) is 29.7 Å². The van der Waals surface area contributed by atoms with Gasteiger partial charge in [-0.3, -0.25) is 9.59 Å². The molecule has 0 aromatic heterocycles. The monoisotopic (exact) mass is 471 g/mol. The highest BCUT2D eigenvalue weighted by atomic mass is 35.5. The minimum absolute atomic E-state index is 0.0152. The summed E-state index contributed by atoms with van der Waals surface area (Å²) in [6.45, 7) is 1.48. The molecule has 2 aromatic carbocycles. The van der Waals surface area contributed by atoms with Gasteiger partial charge in [-0.05, 0) is 42.8 Å². The van der Waals surface area contributed by atoms with Gasteiger partial charge < -0.3 is 20.1 Å². The van der Waals surface area contributed by atoms with E-state index in [9.17, 15) is 18.8 Å². The molecule has 1 saturated heterocycles. The first-order valence-corrected chi connectivity index (χ1v) is 10.1. The highest BCUT2D eigenvalue weighted by Crippen LogP contribution is 2.37. The van der Waals surface area contributed by atoms with Gasteiger partial charge in [0.15, 0.2) is 11.5 Å². The maximum absolute atomic E-state index is 13.7. The first-order valence-electron chi connectivity index (χ1n) is 9.75. The number of anilines is 1. The Labute approximate surface area is 194 Å². The quantitative estimate of drug-likeness (QED) is 0.349. The van der Waals surface area contributed by atoms with Gasteiger partial charge in [-0.2, -0.15) is 0 Å². The van der Waals surface area contributed by atoms with Gasteiger partial charge in [0.2, 0.25) is 5.91 Å². The number of benzene rings is 2. The number of imide groups is 1. The summed E-state index contributed by atoms with van der Waals surface area (Å²) in [5.41, 5.74) is 0.308. The van der Waals surface area contributed by atoms with E-state index >= 15 is 0 Å². The van der Waals surface area contributed by atoms with Crippen LogP contribution < -0.4 is 20.1 Å². The van der Waals surface area contributed by atoms with Crippen molar-refractivity contribution in [1.82, 2.24) is 10.2 Å². The number of amides is 4. The van der Waals surface area contributed by atoms with E-state index in [0.29, 0.717) is 22.8 Å². The Hall–Kier alpha value is -4.03. The summed E-state index contributed by atoms with van der Waals surface area (Å²) in [6.07, 6.45) is 6.60. The maximum Gasteiger partial charge on any atom is 0.329 e. The molecule has 170 valence electrons. The van der Waals surface area contributed by atoms with E-state index in [1.165, 1.54) is 36.4 Å². The summed E-state index contributed by atoms with van der Waals surface area (Å²) in [5.74, 6) is 0.798. The first kappa shape index (κ1) is 23.6. The lowest BCUT2D eigenvalue weighted by Gasteiger charge is -2.13. The van der Waals surface area contributed by atoms with Crippen LogP contribution >= 0.6 is 11.6 Å². The molecule has 33 heavy (non-hydrogen) atoms. The van der Waals surface area contributed by atoms with Crippen LogP contribution in [0.5, 0.6) is 11.5 Å². The van der Waals surface area contributed by atoms with Gasteiger partial charge in [-0.25, -0.2) is 14.1 Å². The third-order valence-corrected chi connectivity index (χ3v) is 4.64. The molecule has 0 saturated carbocycles. The van der Waals surface area contributed by atoms with Crippen molar-refractivity contribution in [3.8, 4) is 23.8 Å². The highest BCUT2D eigenvalue weighted by Gasteiger charge is 2.35. The highest BCUT2D eigenvalue weighted by molar-refractivity contribution is 6.32. The Morgan fingerprint density at radius 1 is 1.30 bits per heavy atom. The van der Waals surface area contributed by atoms with Crippen molar-refractivity contribution in [1.29, 1.82) is 0 Å². The van der Waals surface area contributed by atoms with Crippen molar-refractivity contribution in [2.75, 3.05) is 25.1 Å². The van der Waals surface area contributed by atoms with E-state index in [0.717, 1.165) is 0 Å². The average Bonchev–Trinajstić information content (AvgIpc) is 3.02. The van der Waals surface area contributed by atoms with Crippen molar-refractivity contribution in [3.63, 3.8) is 0 Å². The molecular formula is C23H19ClFN3O5. The van der Waals surface area contributed by atoms with E-state index in [4.69, 9.17) is 27.5 Å². The van der Waals surface area contributed by atoms with Gasteiger partial charge in [0.05, 0.1) is 17.3 Å². The fraction of sp³-hybridized carbons (Fsp3) is 0.174. The molecule has 1 aliphatic rings. The Kier molecular flexibility index (Phi) is 7.53. The standard InChI is InChI=1S/C23H19ClFN3O5/c1-3-9-33-21-15(24)10-14(12-19(21)32-4-2)11-18-22(30)28(23(31)27-18)13-20(29)26-17-8-6-5-7-16(17)25/h1,5-8,10-12H,4,9,13H2,2H3,(H,26,29)(H,27,31)/b18-11+. The minimum Gasteiger partial charge on any atom is -0.490 e. The fourth-order valence-corrected chi connectivity index (χ4v) is 3.24. The molecule has 0 spiro atoms. The number of hydrogen-bond acceptors (Lipinski definition) is 5. The van der Waals surface area contributed by atoms with E-state index in [-0.39, 0.29) is 28.8 Å². The summed E-state index contributed by atoms with van der Waals surface area (Å²) in [4.78, 5) is 37.9. The van der Waals surface area contributed by atoms with Gasteiger partial charge >= 0.3 is 6.03 Å². The third-order valence-electron chi connectivity index (χ3n) is 4.35. The maximum atomic E-state index is 13.7. The normalized spacial score (nSPS) is 14.1. The largest absolute Gasteiger partial charge is 0.490 e. The lowest BCUT2D eigenvalue weighted by molar-refractivity contribution is -0.127. The van der Waals surface area contributed by atoms with Crippen molar-refractivity contribution in [2.45, 2.75) is 6.92 Å². The van der Waals surface area contributed by atoms with Crippen LogP contribution in [0.25, 0.3) is 6.08 Å². The molecule has 4 amide bonds. The molecule has 1 fully saturated rings. The summed E-state index contributed by atoms with van der Waals surface area (Å²) in [7, 11) is 0. The molecule has 2 N–H and O–H groups in total. The van der Waals surface area contributed by atoms with Crippen LogP contribution in [-0.4, -0.2) is 42.5 Å². The molecule has 8 nitrogen and oxygen atoms in total. The average molecular weight is 472 g/mol. The molecule has 0 bridgehead atoms. The van der Waals surface area contributed by atoms with Crippen LogP contribution in [0.2, 0.25) is 5.02 Å². The Balaban J connectivity index is 1.78. The van der Waals surface area contributed by atoms with Gasteiger partial charge in [0, 0.05) is 0 Å². The number of terminal acetylenes is 1. The third kappa shape index (κ3) is 5.61. The molecule has 10 heteroatoms.